The van der Waals surface area contributed by atoms with Gasteiger partial charge in [0, 0.05) is 32.5 Å². The molecular weight excluding hydrogens is 310 g/mol. The molecule has 0 aliphatic heterocycles. The zero-order valence-corrected chi connectivity index (χ0v) is 15.1. The summed E-state index contributed by atoms with van der Waals surface area (Å²) in [5.74, 6) is 0.414. The quantitative estimate of drug-likeness (QED) is 0.586. The van der Waals surface area contributed by atoms with Crippen LogP contribution in [0.2, 0.25) is 0 Å². The summed E-state index contributed by atoms with van der Waals surface area (Å²) in [6.45, 7) is 6.37. The molecule has 138 valence electrons. The second kappa shape index (κ2) is 10.2. The number of hydrogen-bond donors (Lipinski definition) is 3. The molecule has 0 radical (unpaired) electrons. The van der Waals surface area contributed by atoms with Crippen LogP contribution in [0.1, 0.15) is 59.3 Å². The van der Waals surface area contributed by atoms with Crippen LogP contribution in [0, 0.1) is 5.92 Å². The van der Waals surface area contributed by atoms with Crippen LogP contribution in [-0.4, -0.2) is 43.1 Å². The minimum Gasteiger partial charge on any atom is -0.444 e. The maximum Gasteiger partial charge on any atom is 0.407 e. The van der Waals surface area contributed by atoms with Gasteiger partial charge < -0.3 is 20.7 Å². The first-order valence-electron chi connectivity index (χ1n) is 8.76. The summed E-state index contributed by atoms with van der Waals surface area (Å²) in [5, 5.41) is 8.06. The smallest absolute Gasteiger partial charge is 0.407 e. The van der Waals surface area contributed by atoms with Gasteiger partial charge in [-0.05, 0) is 39.5 Å². The molecule has 1 fully saturated rings. The molecule has 0 aromatic rings. The molecule has 0 unspecified atom stereocenters. The highest BCUT2D eigenvalue weighted by Crippen LogP contribution is 2.27. The lowest BCUT2D eigenvalue weighted by Crippen LogP contribution is -2.37. The van der Waals surface area contributed by atoms with Crippen molar-refractivity contribution in [2.24, 2.45) is 5.92 Å². The standard InChI is InChI=1S/C17H31N3O4/c1-17(2,3)24-16(23)20-9-8-14(21)18-10-11-19-15(22)12-13-6-4-5-7-13/h13H,4-12H2,1-3H3,(H,18,21)(H,19,22)(H,20,23). The Morgan fingerprint density at radius 2 is 1.50 bits per heavy atom. The van der Waals surface area contributed by atoms with Crippen molar-refractivity contribution in [1.82, 2.24) is 16.0 Å². The Kier molecular flexibility index (Phi) is 8.57. The van der Waals surface area contributed by atoms with E-state index in [4.69, 9.17) is 4.74 Å². The minimum absolute atomic E-state index is 0.0581. The second-order valence-electron chi connectivity index (χ2n) is 7.23. The van der Waals surface area contributed by atoms with Gasteiger partial charge in [0.2, 0.25) is 11.8 Å². The first-order chi connectivity index (χ1) is 11.3. The summed E-state index contributed by atoms with van der Waals surface area (Å²) >= 11 is 0. The van der Waals surface area contributed by atoms with Gasteiger partial charge in [0.1, 0.15) is 5.60 Å². The fraction of sp³-hybridized carbons (Fsp3) is 0.824. The van der Waals surface area contributed by atoms with Crippen molar-refractivity contribution < 1.29 is 19.1 Å². The van der Waals surface area contributed by atoms with Crippen molar-refractivity contribution in [2.75, 3.05) is 19.6 Å². The van der Waals surface area contributed by atoms with Gasteiger partial charge in [-0.1, -0.05) is 12.8 Å². The maximum atomic E-state index is 11.7. The van der Waals surface area contributed by atoms with Crippen LogP contribution in [-0.2, 0) is 14.3 Å². The third-order valence-electron chi connectivity index (χ3n) is 3.74. The lowest BCUT2D eigenvalue weighted by molar-refractivity contribution is -0.123. The van der Waals surface area contributed by atoms with E-state index < -0.39 is 11.7 Å². The molecule has 0 spiro atoms. The molecule has 1 aliphatic carbocycles. The molecule has 0 aromatic heterocycles. The topological polar surface area (TPSA) is 96.5 Å². The summed E-state index contributed by atoms with van der Waals surface area (Å²) in [5.41, 5.74) is -0.553. The largest absolute Gasteiger partial charge is 0.444 e. The molecule has 0 atom stereocenters. The molecule has 0 saturated heterocycles. The fourth-order valence-electron chi connectivity index (χ4n) is 2.63. The molecule has 3 amide bonds. The third kappa shape index (κ3) is 10.1. The SMILES string of the molecule is CC(C)(C)OC(=O)NCCC(=O)NCCNC(=O)CC1CCCC1. The van der Waals surface area contributed by atoms with Crippen molar-refractivity contribution in [3.8, 4) is 0 Å². The van der Waals surface area contributed by atoms with E-state index in [1.165, 1.54) is 12.8 Å². The summed E-state index contributed by atoms with van der Waals surface area (Å²) in [6.07, 6.45) is 4.98. The fourth-order valence-corrected chi connectivity index (χ4v) is 2.63. The van der Waals surface area contributed by atoms with E-state index >= 15 is 0 Å². The van der Waals surface area contributed by atoms with Crippen LogP contribution >= 0.6 is 0 Å². The molecule has 1 aliphatic rings. The predicted octanol–water partition coefficient (Wildman–Crippen LogP) is 1.71. The van der Waals surface area contributed by atoms with Crippen molar-refractivity contribution in [2.45, 2.75) is 64.9 Å². The van der Waals surface area contributed by atoms with Crippen molar-refractivity contribution >= 4 is 17.9 Å². The van der Waals surface area contributed by atoms with Crippen molar-refractivity contribution in [1.29, 1.82) is 0 Å². The molecule has 1 saturated carbocycles. The van der Waals surface area contributed by atoms with Crippen LogP contribution in [0.15, 0.2) is 0 Å². The third-order valence-corrected chi connectivity index (χ3v) is 3.74. The summed E-state index contributed by atoms with van der Waals surface area (Å²) in [4.78, 5) is 34.7. The second-order valence-corrected chi connectivity index (χ2v) is 7.23. The highest BCUT2D eigenvalue weighted by atomic mass is 16.6. The van der Waals surface area contributed by atoms with Crippen molar-refractivity contribution in [3.05, 3.63) is 0 Å². The van der Waals surface area contributed by atoms with Gasteiger partial charge >= 0.3 is 6.09 Å². The zero-order valence-electron chi connectivity index (χ0n) is 15.1. The molecule has 7 heteroatoms. The Bertz CT molecular complexity index is 426. The monoisotopic (exact) mass is 341 g/mol. The van der Waals surface area contributed by atoms with E-state index in [2.05, 4.69) is 16.0 Å². The molecule has 24 heavy (non-hydrogen) atoms. The van der Waals surface area contributed by atoms with Crippen LogP contribution in [0.4, 0.5) is 4.79 Å². The van der Waals surface area contributed by atoms with Gasteiger partial charge in [0.15, 0.2) is 0 Å². The summed E-state index contributed by atoms with van der Waals surface area (Å²) < 4.78 is 5.07. The first-order valence-corrected chi connectivity index (χ1v) is 8.76. The lowest BCUT2D eigenvalue weighted by Gasteiger charge is -2.19. The highest BCUT2D eigenvalue weighted by molar-refractivity contribution is 5.77. The number of carbonyl (C=O) groups is 3. The van der Waals surface area contributed by atoms with Crippen LogP contribution in [0.3, 0.4) is 0 Å². The lowest BCUT2D eigenvalue weighted by atomic mass is 10.0. The first kappa shape index (κ1) is 20.3. The number of nitrogens with one attached hydrogen (secondary N) is 3. The van der Waals surface area contributed by atoms with E-state index in [-0.39, 0.29) is 24.8 Å². The summed E-state index contributed by atoms with van der Waals surface area (Å²) in [6, 6.07) is 0. The van der Waals surface area contributed by atoms with Gasteiger partial charge in [0.05, 0.1) is 0 Å². The van der Waals surface area contributed by atoms with E-state index in [1.54, 1.807) is 20.8 Å². The Labute approximate surface area is 144 Å². The van der Waals surface area contributed by atoms with Gasteiger partial charge in [-0.15, -0.1) is 0 Å². The number of carbonyl (C=O) groups excluding carboxylic acids is 3. The predicted molar refractivity (Wildman–Crippen MR) is 91.4 cm³/mol. The van der Waals surface area contributed by atoms with Gasteiger partial charge in [-0.25, -0.2) is 4.79 Å². The Morgan fingerprint density at radius 1 is 0.917 bits per heavy atom. The normalized spacial score (nSPS) is 15.0. The van der Waals surface area contributed by atoms with Crippen LogP contribution in [0.5, 0.6) is 0 Å². The van der Waals surface area contributed by atoms with E-state index in [0.29, 0.717) is 25.4 Å². The van der Waals surface area contributed by atoms with Crippen LogP contribution < -0.4 is 16.0 Å². The average molecular weight is 341 g/mol. The molecule has 0 bridgehead atoms. The van der Waals surface area contributed by atoms with Gasteiger partial charge in [-0.2, -0.15) is 0 Å². The summed E-state index contributed by atoms with van der Waals surface area (Å²) in [7, 11) is 0. The Balaban J connectivity index is 1.99. The number of alkyl carbamates (subject to hydrolysis) is 1. The van der Waals surface area contributed by atoms with E-state index in [1.807, 2.05) is 0 Å². The Hall–Kier alpha value is -1.79. The van der Waals surface area contributed by atoms with E-state index in [0.717, 1.165) is 12.8 Å². The average Bonchev–Trinajstić information content (AvgIpc) is 2.94. The van der Waals surface area contributed by atoms with Gasteiger partial charge in [-0.3, -0.25) is 9.59 Å². The Morgan fingerprint density at radius 3 is 2.08 bits per heavy atom. The molecular formula is C17H31N3O4. The highest BCUT2D eigenvalue weighted by Gasteiger charge is 2.18. The maximum absolute atomic E-state index is 11.7. The number of ether oxygens (including phenoxy) is 1. The zero-order chi connectivity index (χ0) is 18.0. The molecule has 0 aromatic carbocycles. The molecule has 1 rings (SSSR count). The molecule has 3 N–H and O–H groups in total. The van der Waals surface area contributed by atoms with Gasteiger partial charge in [0.25, 0.3) is 0 Å². The number of rotatable bonds is 8. The number of amides is 3. The molecule has 0 heterocycles. The minimum atomic E-state index is -0.553. The van der Waals surface area contributed by atoms with Crippen molar-refractivity contribution in [3.63, 3.8) is 0 Å². The van der Waals surface area contributed by atoms with E-state index in [9.17, 15) is 14.4 Å². The molecule has 7 nitrogen and oxygen atoms in total. The number of hydrogen-bond acceptors (Lipinski definition) is 4. The van der Waals surface area contributed by atoms with Crippen LogP contribution in [0.25, 0.3) is 0 Å².